The third-order valence-corrected chi connectivity index (χ3v) is 8.16. The number of aliphatic imine (C=N–C) groups is 1. The Kier molecular flexibility index (Phi) is 8.27. The van der Waals surface area contributed by atoms with Gasteiger partial charge in [-0.3, -0.25) is 19.1 Å². The second-order valence-corrected chi connectivity index (χ2v) is 11.3. The number of fused-ring (bicyclic) bond motifs is 4. The monoisotopic (exact) mass is 626 g/mol. The number of nitrogens with one attached hydrogen (secondary N) is 2. The van der Waals surface area contributed by atoms with E-state index >= 15 is 0 Å². The lowest BCUT2D eigenvalue weighted by molar-refractivity contribution is -0.126. The fourth-order valence-corrected chi connectivity index (χ4v) is 5.77. The van der Waals surface area contributed by atoms with Gasteiger partial charge < -0.3 is 25.6 Å². The van der Waals surface area contributed by atoms with Crippen molar-refractivity contribution in [3.05, 3.63) is 99.1 Å². The van der Waals surface area contributed by atoms with Crippen molar-refractivity contribution in [2.24, 2.45) is 4.99 Å². The average Bonchev–Trinajstić information content (AvgIpc) is 3.60. The van der Waals surface area contributed by atoms with Gasteiger partial charge in [0.05, 0.1) is 31.5 Å². The summed E-state index contributed by atoms with van der Waals surface area (Å²) < 4.78 is 7.40. The molecule has 230 valence electrons. The summed E-state index contributed by atoms with van der Waals surface area (Å²) in [5.74, 6) is 0.841. The lowest BCUT2D eigenvalue weighted by Crippen LogP contribution is -2.37. The van der Waals surface area contributed by atoms with Crippen LogP contribution in [0.4, 0.5) is 0 Å². The molecule has 0 unspecified atom stereocenters. The van der Waals surface area contributed by atoms with Gasteiger partial charge in [-0.15, -0.1) is 10.2 Å². The maximum Gasteiger partial charge on any atom is 0.239 e. The molecule has 0 spiro atoms. The second-order valence-electron chi connectivity index (χ2n) is 10.9. The third kappa shape index (κ3) is 6.12. The van der Waals surface area contributed by atoms with Crippen molar-refractivity contribution in [2.75, 3.05) is 20.2 Å². The SMILES string of the molecule is COc1ccc2c(c1)C(c1ccc(Cl)cc1)=N[C@@H](CC(=O)NCC(=O)NCCC1=Cc3ccc(O)c(O)c3C1)c1nnc(C)n1-2. The molecule has 2 amide bonds. The van der Waals surface area contributed by atoms with E-state index in [9.17, 15) is 19.8 Å². The van der Waals surface area contributed by atoms with Gasteiger partial charge in [-0.1, -0.05) is 41.4 Å². The highest BCUT2D eigenvalue weighted by Crippen LogP contribution is 2.38. The Morgan fingerprint density at radius 1 is 1.04 bits per heavy atom. The summed E-state index contributed by atoms with van der Waals surface area (Å²) in [6.07, 6.45) is 2.96. The minimum absolute atomic E-state index is 0.0604. The summed E-state index contributed by atoms with van der Waals surface area (Å²) in [5, 5.41) is 34.6. The molecule has 0 saturated carbocycles. The quantitative estimate of drug-likeness (QED) is 0.203. The minimum Gasteiger partial charge on any atom is -0.504 e. The zero-order valence-electron chi connectivity index (χ0n) is 24.7. The van der Waals surface area contributed by atoms with Gasteiger partial charge in [-0.05, 0) is 61.7 Å². The number of ether oxygens (including phenoxy) is 1. The molecule has 1 aromatic heterocycles. The topological polar surface area (TPSA) is 151 Å². The molecule has 1 atom stereocenters. The smallest absolute Gasteiger partial charge is 0.239 e. The molecule has 4 N–H and O–H groups in total. The van der Waals surface area contributed by atoms with E-state index in [0.717, 1.165) is 28.0 Å². The van der Waals surface area contributed by atoms with Crippen LogP contribution in [0.1, 0.15) is 52.8 Å². The molecular weight excluding hydrogens is 596 g/mol. The standard InChI is InChI=1S/C33H31ClN6O5/c1-18-38-39-33-26(37-31(20-3-6-22(34)7-4-20)25-15-23(45-2)8-9-27(25)40(18)33)16-29(42)36-17-30(43)35-12-11-19-13-21-5-10-28(41)32(44)24(21)14-19/h3-10,13,15,26,41,44H,11-12,14,16-17H2,1-2H3,(H,35,43)(H,36,42)/t26-/m0/s1. The number of benzene rings is 3. The molecule has 6 rings (SSSR count). The first-order valence-electron chi connectivity index (χ1n) is 14.4. The number of nitrogens with zero attached hydrogens (tertiary/aromatic N) is 4. The van der Waals surface area contributed by atoms with Crippen molar-refractivity contribution in [2.45, 2.75) is 32.2 Å². The highest BCUT2D eigenvalue weighted by molar-refractivity contribution is 6.30. The predicted octanol–water partition coefficient (Wildman–Crippen LogP) is 4.19. The minimum atomic E-state index is -0.690. The Morgan fingerprint density at radius 2 is 1.84 bits per heavy atom. The molecule has 0 radical (unpaired) electrons. The molecule has 12 heteroatoms. The van der Waals surface area contributed by atoms with Gasteiger partial charge >= 0.3 is 0 Å². The summed E-state index contributed by atoms with van der Waals surface area (Å²) >= 11 is 6.17. The summed E-state index contributed by atoms with van der Waals surface area (Å²) in [6, 6.07) is 15.5. The molecule has 45 heavy (non-hydrogen) atoms. The summed E-state index contributed by atoms with van der Waals surface area (Å²) in [4.78, 5) is 30.8. The fraction of sp³-hybridized carbons (Fsp3) is 0.242. The number of rotatable bonds is 9. The van der Waals surface area contributed by atoms with Crippen LogP contribution in [0.5, 0.6) is 17.2 Å². The first kappa shape index (κ1) is 29.9. The van der Waals surface area contributed by atoms with Crippen molar-refractivity contribution >= 4 is 35.2 Å². The van der Waals surface area contributed by atoms with Gasteiger partial charge in [-0.25, -0.2) is 0 Å². The number of carbonyl (C=O) groups excluding carboxylic acids is 2. The number of halogens is 1. The molecule has 2 heterocycles. The normalized spacial score (nSPS) is 14.8. The van der Waals surface area contributed by atoms with E-state index in [1.54, 1.807) is 25.3 Å². The second kappa shape index (κ2) is 12.4. The number of phenols is 2. The zero-order chi connectivity index (χ0) is 31.7. The Balaban J connectivity index is 1.14. The Hall–Kier alpha value is -5.16. The van der Waals surface area contributed by atoms with E-state index < -0.39 is 6.04 Å². The molecule has 4 aromatic rings. The lowest BCUT2D eigenvalue weighted by Gasteiger charge is -2.14. The van der Waals surface area contributed by atoms with E-state index in [4.69, 9.17) is 21.3 Å². The number of methoxy groups -OCH3 is 1. The number of carbonyl (C=O) groups is 2. The maximum atomic E-state index is 13.2. The van der Waals surface area contributed by atoms with Gasteiger partial charge in [0, 0.05) is 28.3 Å². The summed E-state index contributed by atoms with van der Waals surface area (Å²) in [5.41, 5.74) is 5.60. The predicted molar refractivity (Wildman–Crippen MR) is 169 cm³/mol. The molecule has 1 aliphatic carbocycles. The molecule has 2 aliphatic rings. The summed E-state index contributed by atoms with van der Waals surface area (Å²) in [7, 11) is 1.60. The number of phenolic OH excluding ortho intramolecular Hbond substituents is 2. The van der Waals surface area contributed by atoms with Crippen LogP contribution in [0.3, 0.4) is 0 Å². The summed E-state index contributed by atoms with van der Waals surface area (Å²) in [6.45, 7) is 2.01. The number of hydrogen-bond acceptors (Lipinski definition) is 8. The largest absolute Gasteiger partial charge is 0.504 e. The van der Waals surface area contributed by atoms with Crippen LogP contribution in [0.2, 0.25) is 5.02 Å². The van der Waals surface area contributed by atoms with Crippen LogP contribution in [0.15, 0.2) is 65.2 Å². The van der Waals surface area contributed by atoms with Crippen molar-refractivity contribution in [1.29, 1.82) is 0 Å². The lowest BCUT2D eigenvalue weighted by atomic mass is 10.00. The van der Waals surface area contributed by atoms with E-state index in [-0.39, 0.29) is 36.3 Å². The number of aromatic nitrogens is 3. The van der Waals surface area contributed by atoms with E-state index in [1.807, 2.05) is 47.9 Å². The van der Waals surface area contributed by atoms with Crippen molar-refractivity contribution in [3.8, 4) is 22.9 Å². The van der Waals surface area contributed by atoms with Crippen LogP contribution >= 0.6 is 11.6 Å². The fourth-order valence-electron chi connectivity index (χ4n) is 5.65. The molecule has 1 aliphatic heterocycles. The van der Waals surface area contributed by atoms with E-state index in [0.29, 0.717) is 53.1 Å². The van der Waals surface area contributed by atoms with Crippen LogP contribution in [0, 0.1) is 6.92 Å². The molecule has 0 saturated heterocycles. The van der Waals surface area contributed by atoms with Crippen molar-refractivity contribution in [3.63, 3.8) is 0 Å². The van der Waals surface area contributed by atoms with E-state index in [1.165, 1.54) is 6.07 Å². The van der Waals surface area contributed by atoms with Crippen LogP contribution in [-0.2, 0) is 16.0 Å². The van der Waals surface area contributed by atoms with Gasteiger partial charge in [0.2, 0.25) is 11.8 Å². The highest BCUT2D eigenvalue weighted by atomic mass is 35.5. The average molecular weight is 627 g/mol. The molecular formula is C33H31ClN6O5. The Labute approximate surface area is 264 Å². The van der Waals surface area contributed by atoms with Gasteiger partial charge in [-0.2, -0.15) is 0 Å². The van der Waals surface area contributed by atoms with Gasteiger partial charge in [0.15, 0.2) is 17.3 Å². The number of aromatic hydroxyl groups is 2. The maximum absolute atomic E-state index is 13.2. The van der Waals surface area contributed by atoms with Crippen LogP contribution < -0.4 is 15.4 Å². The number of aryl methyl sites for hydroxylation is 1. The number of amides is 2. The Bertz CT molecular complexity index is 1860. The molecule has 0 fully saturated rings. The third-order valence-electron chi connectivity index (χ3n) is 7.90. The van der Waals surface area contributed by atoms with Crippen LogP contribution in [-0.4, -0.2) is 62.7 Å². The highest BCUT2D eigenvalue weighted by Gasteiger charge is 2.30. The molecule has 11 nitrogen and oxygen atoms in total. The van der Waals surface area contributed by atoms with Gasteiger partial charge in [0.1, 0.15) is 17.6 Å². The zero-order valence-corrected chi connectivity index (χ0v) is 25.4. The van der Waals surface area contributed by atoms with E-state index in [2.05, 4.69) is 20.8 Å². The molecule has 3 aromatic carbocycles. The van der Waals surface area contributed by atoms with Crippen molar-refractivity contribution < 1.29 is 24.5 Å². The van der Waals surface area contributed by atoms with Gasteiger partial charge in [0.25, 0.3) is 0 Å². The first-order valence-corrected chi connectivity index (χ1v) is 14.8. The van der Waals surface area contributed by atoms with Crippen molar-refractivity contribution in [1.82, 2.24) is 25.4 Å². The molecule has 0 bridgehead atoms. The first-order chi connectivity index (χ1) is 21.7. The Morgan fingerprint density at radius 3 is 2.62 bits per heavy atom. The van der Waals surface area contributed by atoms with Crippen LogP contribution in [0.25, 0.3) is 11.8 Å². The number of hydrogen-bond donors (Lipinski definition) is 4.